The fourth-order valence-corrected chi connectivity index (χ4v) is 1.53. The van der Waals surface area contributed by atoms with Gasteiger partial charge >= 0.3 is 0 Å². The summed E-state index contributed by atoms with van der Waals surface area (Å²) in [5, 5.41) is 0. The molecule has 0 aliphatic rings. The maximum Gasteiger partial charge on any atom is 0.155 e. The predicted octanol–water partition coefficient (Wildman–Crippen LogP) is 2.19. The molecule has 0 radical (unpaired) electrons. The van der Waals surface area contributed by atoms with Gasteiger partial charge in [0.05, 0.1) is 12.3 Å². The zero-order chi connectivity index (χ0) is 15.5. The SMILES string of the molecule is CC(=O)COCCCOCCCOc1ccc(N)c(F)c1. The predicted molar refractivity (Wildman–Crippen MR) is 77.9 cm³/mol. The minimum absolute atomic E-state index is 0.0205. The van der Waals surface area contributed by atoms with Crippen LogP contribution >= 0.6 is 0 Å². The number of ether oxygens (including phenoxy) is 3. The lowest BCUT2D eigenvalue weighted by atomic mass is 10.3. The molecule has 21 heavy (non-hydrogen) atoms. The van der Waals surface area contributed by atoms with Crippen molar-refractivity contribution >= 4 is 11.5 Å². The van der Waals surface area contributed by atoms with Crippen LogP contribution in [-0.4, -0.2) is 38.8 Å². The number of nitrogen functional groups attached to an aromatic ring is 1. The van der Waals surface area contributed by atoms with Crippen molar-refractivity contribution in [2.45, 2.75) is 19.8 Å². The molecule has 0 amide bonds. The fourth-order valence-electron chi connectivity index (χ4n) is 1.53. The molecule has 0 bridgehead atoms. The Bertz CT molecular complexity index is 440. The second-order valence-electron chi connectivity index (χ2n) is 4.61. The lowest BCUT2D eigenvalue weighted by Crippen LogP contribution is -2.08. The smallest absolute Gasteiger partial charge is 0.155 e. The van der Waals surface area contributed by atoms with Gasteiger partial charge in [0.1, 0.15) is 18.2 Å². The summed E-state index contributed by atoms with van der Waals surface area (Å²) >= 11 is 0. The maximum atomic E-state index is 13.1. The van der Waals surface area contributed by atoms with Gasteiger partial charge in [-0.25, -0.2) is 4.39 Å². The number of benzene rings is 1. The molecule has 0 atom stereocenters. The molecular weight excluding hydrogens is 277 g/mol. The van der Waals surface area contributed by atoms with E-state index in [9.17, 15) is 9.18 Å². The molecule has 0 aromatic heterocycles. The molecule has 0 unspecified atom stereocenters. The van der Waals surface area contributed by atoms with Gasteiger partial charge in [0.25, 0.3) is 0 Å². The Morgan fingerprint density at radius 1 is 1.14 bits per heavy atom. The molecule has 1 aromatic carbocycles. The number of Topliss-reactive ketones (excluding diaryl/α,β-unsaturated/α-hetero) is 1. The van der Waals surface area contributed by atoms with Gasteiger partial charge in [0.15, 0.2) is 5.78 Å². The molecular formula is C15H22FNO4. The molecule has 0 aliphatic heterocycles. The summed E-state index contributed by atoms with van der Waals surface area (Å²) < 4.78 is 29.0. The number of hydrogen-bond acceptors (Lipinski definition) is 5. The van der Waals surface area contributed by atoms with Gasteiger partial charge in [-0.2, -0.15) is 0 Å². The summed E-state index contributed by atoms with van der Waals surface area (Å²) in [4.78, 5) is 10.6. The van der Waals surface area contributed by atoms with Crippen LogP contribution in [0.3, 0.4) is 0 Å². The normalized spacial score (nSPS) is 10.6. The van der Waals surface area contributed by atoms with Crippen molar-refractivity contribution in [3.8, 4) is 5.75 Å². The molecule has 0 saturated carbocycles. The Morgan fingerprint density at radius 2 is 1.81 bits per heavy atom. The van der Waals surface area contributed by atoms with Gasteiger partial charge < -0.3 is 19.9 Å². The molecule has 1 aromatic rings. The first-order chi connectivity index (χ1) is 10.1. The molecule has 6 heteroatoms. The van der Waals surface area contributed by atoms with Crippen LogP contribution in [-0.2, 0) is 14.3 Å². The quantitative estimate of drug-likeness (QED) is 0.501. The first-order valence-corrected chi connectivity index (χ1v) is 6.92. The lowest BCUT2D eigenvalue weighted by Gasteiger charge is -2.08. The number of carbonyl (C=O) groups is 1. The Labute approximate surface area is 124 Å². The third kappa shape index (κ3) is 8.27. The van der Waals surface area contributed by atoms with Crippen molar-refractivity contribution in [1.82, 2.24) is 0 Å². The third-order valence-corrected chi connectivity index (χ3v) is 2.56. The van der Waals surface area contributed by atoms with E-state index in [-0.39, 0.29) is 18.1 Å². The van der Waals surface area contributed by atoms with Crippen LogP contribution < -0.4 is 10.5 Å². The molecule has 0 fully saturated rings. The highest BCUT2D eigenvalue weighted by atomic mass is 19.1. The van der Waals surface area contributed by atoms with Crippen LogP contribution in [0, 0.1) is 5.82 Å². The van der Waals surface area contributed by atoms with Crippen LogP contribution in [0.1, 0.15) is 19.8 Å². The number of rotatable bonds is 11. The van der Waals surface area contributed by atoms with E-state index in [1.807, 2.05) is 0 Å². The summed E-state index contributed by atoms with van der Waals surface area (Å²) in [6.45, 7) is 3.75. The minimum Gasteiger partial charge on any atom is -0.493 e. The maximum absolute atomic E-state index is 13.1. The number of hydrogen-bond donors (Lipinski definition) is 1. The van der Waals surface area contributed by atoms with Crippen LogP contribution in [0.2, 0.25) is 0 Å². The number of anilines is 1. The minimum atomic E-state index is -0.477. The molecule has 2 N–H and O–H groups in total. The zero-order valence-electron chi connectivity index (χ0n) is 12.3. The lowest BCUT2D eigenvalue weighted by molar-refractivity contribution is -0.121. The number of carbonyl (C=O) groups excluding carboxylic acids is 1. The summed E-state index contributed by atoms with van der Waals surface area (Å²) in [6.07, 6.45) is 1.46. The highest BCUT2D eigenvalue weighted by Gasteiger charge is 2.00. The number of halogens is 1. The van der Waals surface area contributed by atoms with Crippen molar-refractivity contribution < 1.29 is 23.4 Å². The summed E-state index contributed by atoms with van der Waals surface area (Å²) in [5.74, 6) is 0.000755. The second kappa shape index (κ2) is 10.1. The molecule has 118 valence electrons. The Kier molecular flexibility index (Phi) is 8.38. The third-order valence-electron chi connectivity index (χ3n) is 2.56. The molecule has 5 nitrogen and oxygen atoms in total. The first kappa shape index (κ1) is 17.4. The standard InChI is InChI=1S/C15H22FNO4/c1-12(18)11-20-8-2-6-19-7-3-9-21-13-4-5-15(17)14(16)10-13/h4-5,10H,2-3,6-9,11,17H2,1H3. The monoisotopic (exact) mass is 299 g/mol. The summed E-state index contributed by atoms with van der Waals surface area (Å²) in [5.41, 5.74) is 5.48. The van der Waals surface area contributed by atoms with Crippen LogP contribution in [0.4, 0.5) is 10.1 Å². The van der Waals surface area contributed by atoms with Crippen LogP contribution in [0.5, 0.6) is 5.75 Å². The largest absolute Gasteiger partial charge is 0.493 e. The highest BCUT2D eigenvalue weighted by molar-refractivity contribution is 5.76. The van der Waals surface area contributed by atoms with Crippen LogP contribution in [0.15, 0.2) is 18.2 Å². The van der Waals surface area contributed by atoms with Crippen molar-refractivity contribution in [2.75, 3.05) is 38.8 Å². The van der Waals surface area contributed by atoms with E-state index in [1.165, 1.54) is 19.1 Å². The number of nitrogens with two attached hydrogens (primary N) is 1. The van der Waals surface area contributed by atoms with Crippen molar-refractivity contribution in [2.24, 2.45) is 0 Å². The molecule has 0 heterocycles. The van der Waals surface area contributed by atoms with Gasteiger partial charge in [-0.15, -0.1) is 0 Å². The van der Waals surface area contributed by atoms with Crippen molar-refractivity contribution in [1.29, 1.82) is 0 Å². The molecule has 0 spiro atoms. The topological polar surface area (TPSA) is 70.8 Å². The van der Waals surface area contributed by atoms with Gasteiger partial charge in [-0.3, -0.25) is 4.79 Å². The van der Waals surface area contributed by atoms with Crippen molar-refractivity contribution in [3.05, 3.63) is 24.0 Å². The number of ketones is 1. The highest BCUT2D eigenvalue weighted by Crippen LogP contribution is 2.17. The Balaban J connectivity index is 1.95. The fraction of sp³-hybridized carbons (Fsp3) is 0.533. The first-order valence-electron chi connectivity index (χ1n) is 6.92. The van der Waals surface area contributed by atoms with Gasteiger partial charge in [-0.1, -0.05) is 0 Å². The van der Waals surface area contributed by atoms with Crippen LogP contribution in [0.25, 0.3) is 0 Å². The summed E-state index contributed by atoms with van der Waals surface area (Å²) in [7, 11) is 0. The average molecular weight is 299 g/mol. The van der Waals surface area contributed by atoms with E-state index in [1.54, 1.807) is 6.07 Å². The average Bonchev–Trinajstić information content (AvgIpc) is 2.44. The van der Waals surface area contributed by atoms with Gasteiger partial charge in [0.2, 0.25) is 0 Å². The Hall–Kier alpha value is -1.66. The zero-order valence-corrected chi connectivity index (χ0v) is 12.3. The van der Waals surface area contributed by atoms with E-state index >= 15 is 0 Å². The molecule has 0 aliphatic carbocycles. The van der Waals surface area contributed by atoms with Gasteiger partial charge in [-0.05, 0) is 25.5 Å². The van der Waals surface area contributed by atoms with E-state index in [0.29, 0.717) is 38.6 Å². The molecule has 1 rings (SSSR count). The van der Waals surface area contributed by atoms with Crippen molar-refractivity contribution in [3.63, 3.8) is 0 Å². The Morgan fingerprint density at radius 3 is 2.48 bits per heavy atom. The van der Waals surface area contributed by atoms with Gasteiger partial charge in [0, 0.05) is 32.3 Å². The van der Waals surface area contributed by atoms with E-state index in [0.717, 1.165) is 6.42 Å². The summed E-state index contributed by atoms with van der Waals surface area (Å²) in [6, 6.07) is 4.37. The van der Waals surface area contributed by atoms with E-state index < -0.39 is 5.82 Å². The van der Waals surface area contributed by atoms with E-state index in [2.05, 4.69) is 0 Å². The molecule has 0 saturated heterocycles. The van der Waals surface area contributed by atoms with E-state index in [4.69, 9.17) is 19.9 Å². The second-order valence-corrected chi connectivity index (χ2v) is 4.61.